The number of phenols is 1. The van der Waals surface area contributed by atoms with Gasteiger partial charge in [-0.3, -0.25) is 0 Å². The first kappa shape index (κ1) is 10.6. The van der Waals surface area contributed by atoms with Gasteiger partial charge >= 0.3 is 13.2 Å². The number of para-hydroxylation sites is 1. The second-order valence-electron chi connectivity index (χ2n) is 3.53. The molecule has 0 aliphatic carbocycles. The van der Waals surface area contributed by atoms with Crippen molar-refractivity contribution in [2.75, 3.05) is 0 Å². The molecule has 1 atom stereocenters. The molecule has 1 amide bonds. The van der Waals surface area contributed by atoms with Crippen molar-refractivity contribution in [2.24, 2.45) is 0 Å². The van der Waals surface area contributed by atoms with Gasteiger partial charge in [0, 0.05) is 0 Å². The summed E-state index contributed by atoms with van der Waals surface area (Å²) < 4.78 is 5.06. The predicted octanol–water partition coefficient (Wildman–Crippen LogP) is -0.0170. The zero-order valence-corrected chi connectivity index (χ0v) is 8.25. The minimum atomic E-state index is -1.29. The van der Waals surface area contributed by atoms with Gasteiger partial charge in [0.2, 0.25) is 0 Å². The highest BCUT2D eigenvalue weighted by atomic mass is 16.5. The van der Waals surface area contributed by atoms with Crippen molar-refractivity contribution >= 4 is 13.2 Å². The second-order valence-corrected chi connectivity index (χ2v) is 3.53. The Morgan fingerprint density at radius 1 is 1.56 bits per heavy atom. The Morgan fingerprint density at radius 3 is 3.00 bits per heavy atom. The molecule has 0 fully saturated rings. The number of amides is 1. The fraction of sp³-hybridized carbons (Fsp3) is 0.222. The lowest BCUT2D eigenvalue weighted by molar-refractivity contribution is 0.190. The van der Waals surface area contributed by atoms with Gasteiger partial charge in [-0.15, -0.1) is 0 Å². The highest BCUT2D eigenvalue weighted by Gasteiger charge is 2.36. The average Bonchev–Trinajstić information content (AvgIpc) is 2.20. The lowest BCUT2D eigenvalue weighted by Gasteiger charge is -2.27. The van der Waals surface area contributed by atoms with Crippen LogP contribution in [0.3, 0.4) is 0 Å². The van der Waals surface area contributed by atoms with Gasteiger partial charge in [-0.25, -0.2) is 4.79 Å². The molecule has 1 aromatic carbocycles. The number of rotatable bonds is 1. The summed E-state index contributed by atoms with van der Waals surface area (Å²) >= 11 is 0. The lowest BCUT2D eigenvalue weighted by Crippen LogP contribution is -2.52. The van der Waals surface area contributed by atoms with Gasteiger partial charge in [-0.1, -0.05) is 12.1 Å². The van der Waals surface area contributed by atoms with Crippen molar-refractivity contribution < 1.29 is 24.7 Å². The molecule has 1 aliphatic heterocycles. The number of aromatic hydroxyl groups is 1. The molecule has 6 nitrogen and oxygen atoms in total. The van der Waals surface area contributed by atoms with Crippen molar-refractivity contribution in [3.8, 4) is 11.5 Å². The van der Waals surface area contributed by atoms with Crippen LogP contribution in [-0.4, -0.2) is 34.4 Å². The molecule has 0 aromatic heterocycles. The van der Waals surface area contributed by atoms with E-state index in [-0.39, 0.29) is 17.9 Å². The molecule has 7 heteroatoms. The third-order valence-corrected chi connectivity index (χ3v) is 2.41. The number of hydrogen-bond donors (Lipinski definition) is 4. The predicted molar refractivity (Wildman–Crippen MR) is 55.4 cm³/mol. The van der Waals surface area contributed by atoms with Crippen LogP contribution in [0.1, 0.15) is 5.56 Å². The summed E-state index contributed by atoms with van der Waals surface area (Å²) in [6.07, 6.45) is -0.951. The molecule has 1 aromatic rings. The van der Waals surface area contributed by atoms with E-state index in [1.54, 1.807) is 12.1 Å². The zero-order chi connectivity index (χ0) is 11.7. The van der Waals surface area contributed by atoms with Gasteiger partial charge in [-0.2, -0.15) is 0 Å². The number of hydrogen-bond acceptors (Lipinski definition) is 4. The fourth-order valence-electron chi connectivity index (χ4n) is 1.69. The number of benzene rings is 1. The smallest absolute Gasteiger partial charge is 0.532 e. The first-order chi connectivity index (χ1) is 7.58. The summed E-state index contributed by atoms with van der Waals surface area (Å²) in [7, 11) is -1.29. The van der Waals surface area contributed by atoms with Crippen LogP contribution in [0.4, 0.5) is 4.79 Å². The van der Waals surface area contributed by atoms with Crippen LogP contribution in [0.15, 0.2) is 18.2 Å². The molecule has 84 valence electrons. The number of carboxylic acid groups (broad SMARTS) is 1. The maximum Gasteiger partial charge on any atom is 0.547 e. The molecule has 0 bridgehead atoms. The Hall–Kier alpha value is -1.89. The molecular formula is C9H10BNO5. The summed E-state index contributed by atoms with van der Waals surface area (Å²) in [4.78, 5) is 10.5. The van der Waals surface area contributed by atoms with Crippen LogP contribution >= 0.6 is 0 Å². The zero-order valence-electron chi connectivity index (χ0n) is 8.25. The van der Waals surface area contributed by atoms with Gasteiger partial charge < -0.3 is 25.2 Å². The van der Waals surface area contributed by atoms with Crippen molar-refractivity contribution in [2.45, 2.75) is 12.4 Å². The number of fused-ring (bicyclic) bond motifs is 1. The summed E-state index contributed by atoms with van der Waals surface area (Å²) in [5.41, 5.74) is 0.657. The maximum atomic E-state index is 10.5. The van der Waals surface area contributed by atoms with E-state index in [2.05, 4.69) is 5.32 Å². The number of phenolic OH excluding ortho intramolecular Hbond substituents is 1. The van der Waals surface area contributed by atoms with Crippen molar-refractivity contribution in [3.63, 3.8) is 0 Å². The Balaban J connectivity index is 2.25. The summed E-state index contributed by atoms with van der Waals surface area (Å²) in [5, 5.41) is 29.7. The van der Waals surface area contributed by atoms with E-state index in [0.717, 1.165) is 0 Å². The van der Waals surface area contributed by atoms with Crippen molar-refractivity contribution in [1.82, 2.24) is 5.32 Å². The van der Waals surface area contributed by atoms with Crippen LogP contribution < -0.4 is 9.97 Å². The molecule has 0 saturated heterocycles. The third kappa shape index (κ3) is 1.89. The third-order valence-electron chi connectivity index (χ3n) is 2.41. The fourth-order valence-corrected chi connectivity index (χ4v) is 1.69. The topological polar surface area (TPSA) is 99.0 Å². The van der Waals surface area contributed by atoms with Crippen LogP contribution in [0.25, 0.3) is 0 Å². The Labute approximate surface area is 91.6 Å². The quantitative estimate of drug-likeness (QED) is 0.501. The van der Waals surface area contributed by atoms with Crippen molar-refractivity contribution in [1.29, 1.82) is 0 Å². The maximum absolute atomic E-state index is 10.5. The highest BCUT2D eigenvalue weighted by Crippen LogP contribution is 2.34. The largest absolute Gasteiger partial charge is 0.547 e. The number of nitrogens with one attached hydrogen (secondary N) is 1. The van der Waals surface area contributed by atoms with Crippen molar-refractivity contribution in [3.05, 3.63) is 23.8 Å². The number of carbonyl (C=O) groups is 1. The van der Waals surface area contributed by atoms with Gasteiger partial charge in [0.15, 0.2) is 5.75 Å². The standard InChI is InChI=1S/C9H10BNO5/c12-6-3-1-2-5-4-7(11-9(13)14)10(15)16-8(5)6/h1-3,7,11-12,15H,4H2,(H,13,14)/t7-/m0/s1. The summed E-state index contributed by atoms with van der Waals surface area (Å²) in [6.45, 7) is 0. The van der Waals surface area contributed by atoms with Gasteiger partial charge in [-0.05, 0) is 18.1 Å². The molecule has 4 N–H and O–H groups in total. The van der Waals surface area contributed by atoms with Crippen LogP contribution in [-0.2, 0) is 6.42 Å². The highest BCUT2D eigenvalue weighted by molar-refractivity contribution is 6.46. The SMILES string of the molecule is O=C(O)N[C@H]1Cc2cccc(O)c2OB1O. The first-order valence-electron chi connectivity index (χ1n) is 4.73. The molecule has 2 rings (SSSR count). The summed E-state index contributed by atoms with van der Waals surface area (Å²) in [5.74, 6) is -0.587. The molecule has 0 radical (unpaired) electrons. The molecular weight excluding hydrogens is 213 g/mol. The normalized spacial score (nSPS) is 18.6. The average molecular weight is 223 g/mol. The van der Waals surface area contributed by atoms with E-state index < -0.39 is 19.2 Å². The Morgan fingerprint density at radius 2 is 2.31 bits per heavy atom. The van der Waals surface area contributed by atoms with E-state index in [1.807, 2.05) is 0 Å². The van der Waals surface area contributed by atoms with Crippen LogP contribution in [0.5, 0.6) is 11.5 Å². The van der Waals surface area contributed by atoms with E-state index in [4.69, 9.17) is 9.76 Å². The summed E-state index contributed by atoms with van der Waals surface area (Å²) in [6, 6.07) is 4.78. The Bertz CT molecular complexity index is 424. The second kappa shape index (κ2) is 3.94. The van der Waals surface area contributed by atoms with E-state index in [0.29, 0.717) is 5.56 Å². The molecule has 1 heterocycles. The molecule has 16 heavy (non-hydrogen) atoms. The minimum Gasteiger partial charge on any atom is -0.532 e. The molecule has 0 spiro atoms. The minimum absolute atomic E-state index is 0.0645. The first-order valence-corrected chi connectivity index (χ1v) is 4.73. The van der Waals surface area contributed by atoms with Gasteiger partial charge in [0.05, 0.1) is 5.94 Å². The van der Waals surface area contributed by atoms with Gasteiger partial charge in [0.1, 0.15) is 5.75 Å². The lowest BCUT2D eigenvalue weighted by atomic mass is 9.72. The van der Waals surface area contributed by atoms with E-state index in [1.165, 1.54) is 6.07 Å². The van der Waals surface area contributed by atoms with E-state index >= 15 is 0 Å². The molecule has 0 unspecified atom stereocenters. The van der Waals surface area contributed by atoms with Crippen LogP contribution in [0, 0.1) is 0 Å². The van der Waals surface area contributed by atoms with Gasteiger partial charge in [0.25, 0.3) is 0 Å². The molecule has 0 saturated carbocycles. The monoisotopic (exact) mass is 223 g/mol. The Kier molecular flexibility index (Phi) is 2.61. The van der Waals surface area contributed by atoms with E-state index in [9.17, 15) is 14.9 Å². The molecule has 1 aliphatic rings. The van der Waals surface area contributed by atoms with Crippen LogP contribution in [0.2, 0.25) is 0 Å².